The summed E-state index contributed by atoms with van der Waals surface area (Å²) in [5.74, 6) is -5.65. The normalized spacial score (nSPS) is 14.9. The number of hydrogen-bond donors (Lipinski definition) is 1. The fourth-order valence-electron chi connectivity index (χ4n) is 2.12. The molecule has 0 aliphatic rings. The minimum absolute atomic E-state index is 0.453. The van der Waals surface area contributed by atoms with Gasteiger partial charge in [0.25, 0.3) is 5.69 Å². The van der Waals surface area contributed by atoms with Gasteiger partial charge in [0.05, 0.1) is 10.6 Å². The number of benzene rings is 1. The molecule has 5 nitrogen and oxygen atoms in total. The molecule has 2 rings (SSSR count). The van der Waals surface area contributed by atoms with Gasteiger partial charge in [0.1, 0.15) is 0 Å². The largest absolute Gasteiger partial charge is 0.457 e. The molecule has 24 heavy (non-hydrogen) atoms. The molecule has 0 amide bonds. The van der Waals surface area contributed by atoms with E-state index >= 15 is 0 Å². The fourth-order valence-corrected chi connectivity index (χ4v) is 2.12. The summed E-state index contributed by atoms with van der Waals surface area (Å²) in [5.41, 5.74) is -6.68. The lowest BCUT2D eigenvalue weighted by Crippen LogP contribution is -2.56. The summed E-state index contributed by atoms with van der Waals surface area (Å²) in [4.78, 5) is 13.2. The SMILES string of the molecule is O=[N+]([O-])c1cccc(C(O)(c2ccccn2)C(F)(F)C(F)(F)F)c1. The van der Waals surface area contributed by atoms with Crippen LogP contribution in [0.3, 0.4) is 0 Å². The first-order valence-electron chi connectivity index (χ1n) is 6.35. The van der Waals surface area contributed by atoms with Gasteiger partial charge in [-0.1, -0.05) is 18.2 Å². The van der Waals surface area contributed by atoms with E-state index in [1.807, 2.05) is 0 Å². The quantitative estimate of drug-likeness (QED) is 0.522. The molecule has 1 heterocycles. The molecule has 0 fully saturated rings. The molecule has 1 aromatic carbocycles. The van der Waals surface area contributed by atoms with Crippen molar-refractivity contribution in [2.24, 2.45) is 0 Å². The second-order valence-electron chi connectivity index (χ2n) is 4.80. The van der Waals surface area contributed by atoms with E-state index in [1.165, 1.54) is 6.07 Å². The summed E-state index contributed by atoms with van der Waals surface area (Å²) in [5, 5.41) is 21.1. The van der Waals surface area contributed by atoms with Crippen molar-refractivity contribution >= 4 is 5.69 Å². The van der Waals surface area contributed by atoms with Crippen LogP contribution in [0.2, 0.25) is 0 Å². The van der Waals surface area contributed by atoms with Crippen molar-refractivity contribution in [1.82, 2.24) is 4.98 Å². The Balaban J connectivity index is 2.78. The standard InChI is InChI=1S/C14H9F5N2O3/c15-13(16,14(17,18)19)12(22,11-6-1-2-7-20-11)9-4-3-5-10(8-9)21(23)24/h1-8,22H. The lowest BCUT2D eigenvalue weighted by atomic mass is 9.83. The van der Waals surface area contributed by atoms with Crippen molar-refractivity contribution in [1.29, 1.82) is 0 Å². The van der Waals surface area contributed by atoms with Crippen LogP contribution >= 0.6 is 0 Å². The number of nitro benzene ring substituents is 1. The van der Waals surface area contributed by atoms with Crippen LogP contribution in [0.25, 0.3) is 0 Å². The van der Waals surface area contributed by atoms with Crippen molar-refractivity contribution < 1.29 is 32.0 Å². The number of pyridine rings is 1. The van der Waals surface area contributed by atoms with E-state index in [0.29, 0.717) is 6.07 Å². The average Bonchev–Trinajstić information content (AvgIpc) is 2.53. The molecule has 128 valence electrons. The number of non-ortho nitro benzene ring substituents is 1. The summed E-state index contributed by atoms with van der Waals surface area (Å²) in [6, 6.07) is 6.12. The fraction of sp³-hybridized carbons (Fsp3) is 0.214. The lowest BCUT2D eigenvalue weighted by Gasteiger charge is -2.36. The van der Waals surface area contributed by atoms with Gasteiger partial charge in [0, 0.05) is 23.9 Å². The third-order valence-corrected chi connectivity index (χ3v) is 3.32. The van der Waals surface area contributed by atoms with Gasteiger partial charge in [-0.15, -0.1) is 0 Å². The van der Waals surface area contributed by atoms with Crippen LogP contribution in [0.15, 0.2) is 48.7 Å². The minimum atomic E-state index is -6.12. The highest BCUT2D eigenvalue weighted by atomic mass is 19.4. The number of alkyl halides is 5. The van der Waals surface area contributed by atoms with Crippen LogP contribution in [0.4, 0.5) is 27.6 Å². The van der Waals surface area contributed by atoms with Crippen molar-refractivity contribution in [3.63, 3.8) is 0 Å². The van der Waals surface area contributed by atoms with E-state index in [0.717, 1.165) is 36.5 Å². The Hall–Kier alpha value is -2.62. The smallest absolute Gasteiger partial charge is 0.373 e. The summed E-state index contributed by atoms with van der Waals surface area (Å²) in [6.45, 7) is 0. The zero-order valence-corrected chi connectivity index (χ0v) is 11.7. The van der Waals surface area contributed by atoms with Crippen LogP contribution in [0.1, 0.15) is 11.3 Å². The maximum absolute atomic E-state index is 14.1. The highest BCUT2D eigenvalue weighted by molar-refractivity contribution is 5.43. The summed E-state index contributed by atoms with van der Waals surface area (Å²) in [6.07, 6.45) is -5.20. The molecule has 1 atom stereocenters. The van der Waals surface area contributed by atoms with Crippen molar-refractivity contribution in [2.75, 3.05) is 0 Å². The maximum Gasteiger partial charge on any atom is 0.457 e. The third-order valence-electron chi connectivity index (χ3n) is 3.32. The van der Waals surface area contributed by atoms with Crippen LogP contribution < -0.4 is 0 Å². The molecule has 0 bridgehead atoms. The van der Waals surface area contributed by atoms with Crippen molar-refractivity contribution in [3.8, 4) is 0 Å². The Kier molecular flexibility index (Phi) is 4.27. The number of rotatable bonds is 4. The van der Waals surface area contributed by atoms with Gasteiger partial charge in [-0.2, -0.15) is 22.0 Å². The summed E-state index contributed by atoms with van der Waals surface area (Å²) >= 11 is 0. The Labute approximate surface area is 131 Å². The average molecular weight is 348 g/mol. The van der Waals surface area contributed by atoms with E-state index in [1.54, 1.807) is 0 Å². The molecule has 1 unspecified atom stereocenters. The van der Waals surface area contributed by atoms with Crippen LogP contribution in [-0.4, -0.2) is 27.1 Å². The second kappa shape index (κ2) is 5.78. The van der Waals surface area contributed by atoms with Gasteiger partial charge in [-0.05, 0) is 12.1 Å². The Morgan fingerprint density at radius 2 is 1.71 bits per heavy atom. The summed E-state index contributed by atoms with van der Waals surface area (Å²) in [7, 11) is 0. The predicted molar refractivity (Wildman–Crippen MR) is 71.3 cm³/mol. The van der Waals surface area contributed by atoms with Gasteiger partial charge >= 0.3 is 12.1 Å². The number of aromatic nitrogens is 1. The first kappa shape index (κ1) is 17.7. The van der Waals surface area contributed by atoms with Crippen LogP contribution in [-0.2, 0) is 5.60 Å². The molecule has 0 aliphatic heterocycles. The molecule has 1 N–H and O–H groups in total. The molecule has 0 spiro atoms. The Morgan fingerprint density at radius 3 is 2.21 bits per heavy atom. The maximum atomic E-state index is 14.1. The zero-order valence-electron chi connectivity index (χ0n) is 11.7. The van der Waals surface area contributed by atoms with Crippen molar-refractivity contribution in [2.45, 2.75) is 17.7 Å². The number of halogens is 5. The molecule has 2 aromatic rings. The molecule has 0 aliphatic carbocycles. The number of aliphatic hydroxyl groups is 1. The van der Waals surface area contributed by atoms with E-state index in [4.69, 9.17) is 0 Å². The molecule has 1 aromatic heterocycles. The molecule has 0 saturated carbocycles. The van der Waals surface area contributed by atoms with E-state index in [2.05, 4.69) is 4.98 Å². The molecule has 0 radical (unpaired) electrons. The monoisotopic (exact) mass is 348 g/mol. The molecule has 0 saturated heterocycles. The highest BCUT2D eigenvalue weighted by Crippen LogP contribution is 2.51. The van der Waals surface area contributed by atoms with E-state index < -0.39 is 39.6 Å². The minimum Gasteiger partial charge on any atom is -0.373 e. The zero-order chi connectivity index (χ0) is 18.2. The van der Waals surface area contributed by atoms with Gasteiger partial charge in [0.15, 0.2) is 0 Å². The van der Waals surface area contributed by atoms with Crippen LogP contribution in [0.5, 0.6) is 0 Å². The first-order valence-corrected chi connectivity index (χ1v) is 6.35. The van der Waals surface area contributed by atoms with Crippen molar-refractivity contribution in [3.05, 3.63) is 70.0 Å². The van der Waals surface area contributed by atoms with Gasteiger partial charge < -0.3 is 5.11 Å². The summed E-state index contributed by atoms with van der Waals surface area (Å²) < 4.78 is 66.9. The lowest BCUT2D eigenvalue weighted by molar-refractivity contribution is -0.385. The van der Waals surface area contributed by atoms with Gasteiger partial charge in [-0.3, -0.25) is 15.1 Å². The van der Waals surface area contributed by atoms with E-state index in [9.17, 15) is 37.2 Å². The Bertz CT molecular complexity index is 752. The highest BCUT2D eigenvalue weighted by Gasteiger charge is 2.72. The Morgan fingerprint density at radius 1 is 1.04 bits per heavy atom. The van der Waals surface area contributed by atoms with Gasteiger partial charge in [0.2, 0.25) is 5.60 Å². The first-order chi connectivity index (χ1) is 11.0. The molecule has 10 heteroatoms. The second-order valence-corrected chi connectivity index (χ2v) is 4.80. The third kappa shape index (κ3) is 2.68. The number of nitro groups is 1. The number of hydrogen-bond acceptors (Lipinski definition) is 4. The molecular formula is C14H9F5N2O3. The van der Waals surface area contributed by atoms with Crippen LogP contribution in [0, 0.1) is 10.1 Å². The predicted octanol–water partition coefficient (Wildman–Crippen LogP) is 3.42. The number of nitrogens with zero attached hydrogens (tertiary/aromatic N) is 2. The topological polar surface area (TPSA) is 76.3 Å². The van der Waals surface area contributed by atoms with Gasteiger partial charge in [-0.25, -0.2) is 0 Å². The molecular weight excluding hydrogens is 339 g/mol. The van der Waals surface area contributed by atoms with E-state index in [-0.39, 0.29) is 0 Å².